The van der Waals surface area contributed by atoms with Crippen molar-refractivity contribution in [3.05, 3.63) is 35.6 Å². The first-order valence-electron chi connectivity index (χ1n) is 11.7. The second-order valence-corrected chi connectivity index (χ2v) is 9.74. The van der Waals surface area contributed by atoms with Crippen LogP contribution in [0.15, 0.2) is 24.3 Å². The van der Waals surface area contributed by atoms with Gasteiger partial charge in [0.25, 0.3) is 0 Å². The van der Waals surface area contributed by atoms with Crippen molar-refractivity contribution in [3.8, 4) is 6.07 Å². The molecule has 7 nitrogen and oxygen atoms in total. The summed E-state index contributed by atoms with van der Waals surface area (Å²) in [5, 5.41) is 9.27. The van der Waals surface area contributed by atoms with E-state index in [0.717, 1.165) is 44.1 Å². The van der Waals surface area contributed by atoms with E-state index in [1.165, 1.54) is 12.1 Å². The predicted octanol–water partition coefficient (Wildman–Crippen LogP) is 1.72. The number of benzene rings is 1. The van der Waals surface area contributed by atoms with Crippen molar-refractivity contribution < 1.29 is 14.0 Å². The first-order valence-corrected chi connectivity index (χ1v) is 11.7. The van der Waals surface area contributed by atoms with Crippen LogP contribution in [0.1, 0.15) is 50.5 Å². The second kappa shape index (κ2) is 8.13. The topological polar surface area (TPSA) is 93.7 Å². The van der Waals surface area contributed by atoms with Crippen LogP contribution in [0, 0.1) is 17.1 Å². The van der Waals surface area contributed by atoms with Crippen LogP contribution in [-0.4, -0.2) is 70.3 Å². The van der Waals surface area contributed by atoms with Crippen LogP contribution < -0.4 is 5.73 Å². The number of carbonyl (C=O) groups is 2. The van der Waals surface area contributed by atoms with Crippen LogP contribution in [0.3, 0.4) is 0 Å². The monoisotopic (exact) mass is 439 g/mol. The first-order chi connectivity index (χ1) is 15.4. The highest BCUT2D eigenvalue weighted by Crippen LogP contribution is 2.49. The molecule has 0 radical (unpaired) electrons. The Morgan fingerprint density at radius 3 is 2.62 bits per heavy atom. The highest BCUT2D eigenvalue weighted by Gasteiger charge is 2.57. The summed E-state index contributed by atoms with van der Waals surface area (Å²) >= 11 is 0. The lowest BCUT2D eigenvalue weighted by atomic mass is 9.85. The number of nitrogens with two attached hydrogens (primary N) is 1. The molecule has 1 aliphatic carbocycles. The van der Waals surface area contributed by atoms with Gasteiger partial charge < -0.3 is 15.5 Å². The van der Waals surface area contributed by atoms with E-state index in [1.54, 1.807) is 4.90 Å². The number of halogens is 1. The van der Waals surface area contributed by atoms with Crippen molar-refractivity contribution in [2.45, 2.75) is 74.7 Å². The summed E-state index contributed by atoms with van der Waals surface area (Å²) in [5.41, 5.74) is 6.92. The van der Waals surface area contributed by atoms with Gasteiger partial charge in [-0.05, 0) is 49.8 Å². The number of hydrogen-bond donors (Lipinski definition) is 1. The summed E-state index contributed by atoms with van der Waals surface area (Å²) in [4.78, 5) is 32.1. The van der Waals surface area contributed by atoms with Crippen LogP contribution >= 0.6 is 0 Å². The van der Waals surface area contributed by atoms with E-state index in [0.29, 0.717) is 26.1 Å². The molecule has 0 unspecified atom stereocenters. The Morgan fingerprint density at radius 2 is 1.97 bits per heavy atom. The number of hydrogen-bond acceptors (Lipinski definition) is 5. The van der Waals surface area contributed by atoms with E-state index >= 15 is 0 Å². The summed E-state index contributed by atoms with van der Waals surface area (Å²) in [7, 11) is 0. The van der Waals surface area contributed by atoms with E-state index in [-0.39, 0.29) is 35.3 Å². The number of rotatable bonds is 5. The van der Waals surface area contributed by atoms with Gasteiger partial charge in [0.2, 0.25) is 11.8 Å². The van der Waals surface area contributed by atoms with Crippen LogP contribution in [0.25, 0.3) is 0 Å². The van der Waals surface area contributed by atoms with E-state index in [1.807, 2.05) is 12.1 Å². The Bertz CT molecular complexity index is 939. The van der Waals surface area contributed by atoms with E-state index < -0.39 is 12.1 Å². The van der Waals surface area contributed by atoms with Crippen molar-refractivity contribution in [2.75, 3.05) is 19.6 Å². The molecule has 2 bridgehead atoms. The van der Waals surface area contributed by atoms with Crippen LogP contribution in [-0.2, 0) is 15.1 Å². The fourth-order valence-electron chi connectivity index (χ4n) is 6.52. The largest absolute Gasteiger partial charge is 0.327 e. The lowest BCUT2D eigenvalue weighted by molar-refractivity contribution is -0.145. The molecule has 3 aliphatic heterocycles. The summed E-state index contributed by atoms with van der Waals surface area (Å²) < 4.78 is 13.6. The van der Waals surface area contributed by atoms with Crippen LogP contribution in [0.2, 0.25) is 0 Å². The average Bonchev–Trinajstić information content (AvgIpc) is 3.57. The number of piperazine rings is 1. The molecule has 5 rings (SSSR count). The maximum absolute atomic E-state index is 13.6. The Hall–Kier alpha value is -2.50. The minimum absolute atomic E-state index is 0.0802. The maximum Gasteiger partial charge on any atom is 0.241 e. The zero-order valence-electron chi connectivity index (χ0n) is 18.3. The lowest BCUT2D eigenvalue weighted by Gasteiger charge is -2.46. The Morgan fingerprint density at radius 1 is 1.25 bits per heavy atom. The molecule has 1 aromatic rings. The third kappa shape index (κ3) is 3.30. The standard InChI is InChI=1S/C24H30FN5O2/c25-17-7-5-16(6-8-17)24(9-1-2-10-24)30-19-12-21(23(30)32)28(14-19)15-20(27)22(31)29-11-3-4-18(29)13-26/h5-8,18-21H,1-4,9-12,14-15,27H2/t18-,19+,20-,21+/m0/s1. The highest BCUT2D eigenvalue weighted by atomic mass is 19.1. The van der Waals surface area contributed by atoms with Crippen molar-refractivity contribution in [1.82, 2.24) is 14.7 Å². The molecule has 1 saturated carbocycles. The summed E-state index contributed by atoms with van der Waals surface area (Å²) in [6, 6.07) is 7.51. The summed E-state index contributed by atoms with van der Waals surface area (Å²) in [6.07, 6.45) is 6.17. The van der Waals surface area contributed by atoms with Crippen molar-refractivity contribution >= 4 is 11.8 Å². The number of carbonyl (C=O) groups excluding carboxylic acids is 2. The predicted molar refractivity (Wildman–Crippen MR) is 115 cm³/mol. The molecule has 0 spiro atoms. The summed E-state index contributed by atoms with van der Waals surface area (Å²) in [5.74, 6) is -0.361. The molecule has 3 heterocycles. The average molecular weight is 440 g/mol. The Labute approximate surface area is 187 Å². The zero-order chi connectivity index (χ0) is 22.5. The number of likely N-dealkylation sites (tertiary alicyclic amines) is 3. The normalized spacial score (nSPS) is 30.2. The number of nitriles is 1. The van der Waals surface area contributed by atoms with E-state index in [2.05, 4.69) is 15.9 Å². The van der Waals surface area contributed by atoms with Gasteiger partial charge in [-0.15, -0.1) is 0 Å². The Balaban J connectivity index is 1.30. The maximum atomic E-state index is 13.6. The van der Waals surface area contributed by atoms with Gasteiger partial charge in [-0.2, -0.15) is 5.26 Å². The Kier molecular flexibility index (Phi) is 5.42. The molecule has 4 atom stereocenters. The van der Waals surface area contributed by atoms with Crippen molar-refractivity contribution in [2.24, 2.45) is 5.73 Å². The number of nitrogens with zero attached hydrogens (tertiary/aromatic N) is 4. The van der Waals surface area contributed by atoms with Gasteiger partial charge in [-0.3, -0.25) is 14.5 Å². The lowest BCUT2D eigenvalue weighted by Crippen LogP contribution is -2.60. The molecule has 170 valence electrons. The van der Waals surface area contributed by atoms with Gasteiger partial charge in [0.1, 0.15) is 11.9 Å². The highest BCUT2D eigenvalue weighted by molar-refractivity contribution is 5.87. The molecule has 2 amide bonds. The molecule has 8 heteroatoms. The third-order valence-corrected chi connectivity index (χ3v) is 7.98. The number of amides is 2. The molecule has 3 saturated heterocycles. The second-order valence-electron chi connectivity index (χ2n) is 9.74. The molecule has 0 aromatic heterocycles. The van der Waals surface area contributed by atoms with Gasteiger partial charge in [-0.25, -0.2) is 4.39 Å². The molecule has 4 fully saturated rings. The third-order valence-electron chi connectivity index (χ3n) is 7.98. The van der Waals surface area contributed by atoms with Crippen LogP contribution in [0.5, 0.6) is 0 Å². The molecular weight excluding hydrogens is 409 g/mol. The van der Waals surface area contributed by atoms with Gasteiger partial charge >= 0.3 is 0 Å². The quantitative estimate of drug-likeness (QED) is 0.754. The minimum Gasteiger partial charge on any atom is -0.327 e. The molecular formula is C24H30FN5O2. The first kappa shape index (κ1) is 21.4. The van der Waals surface area contributed by atoms with Crippen molar-refractivity contribution in [3.63, 3.8) is 0 Å². The molecule has 32 heavy (non-hydrogen) atoms. The minimum atomic E-state index is -0.734. The molecule has 1 aromatic carbocycles. The summed E-state index contributed by atoms with van der Waals surface area (Å²) in [6.45, 7) is 1.60. The van der Waals surface area contributed by atoms with Gasteiger partial charge in [0, 0.05) is 25.7 Å². The van der Waals surface area contributed by atoms with E-state index in [4.69, 9.17) is 5.73 Å². The van der Waals surface area contributed by atoms with E-state index in [9.17, 15) is 19.2 Å². The number of fused-ring (bicyclic) bond motifs is 2. The fraction of sp³-hybridized carbons (Fsp3) is 0.625. The van der Waals surface area contributed by atoms with Gasteiger partial charge in [0.15, 0.2) is 0 Å². The molecule has 2 N–H and O–H groups in total. The molecule has 4 aliphatic rings. The van der Waals surface area contributed by atoms with Crippen LogP contribution in [0.4, 0.5) is 4.39 Å². The fourth-order valence-corrected chi connectivity index (χ4v) is 6.52. The van der Waals surface area contributed by atoms with Gasteiger partial charge in [-0.1, -0.05) is 25.0 Å². The smallest absolute Gasteiger partial charge is 0.241 e. The van der Waals surface area contributed by atoms with Gasteiger partial charge in [0.05, 0.1) is 23.7 Å². The zero-order valence-corrected chi connectivity index (χ0v) is 18.3. The van der Waals surface area contributed by atoms with Crippen molar-refractivity contribution in [1.29, 1.82) is 5.26 Å². The SMILES string of the molecule is N#C[C@@H]1CCCN1C(=O)[C@@H](N)CN1C[C@H]2C[C@@H]1C(=O)N2C1(c2ccc(F)cc2)CCCC1.